The molecule has 5 nitrogen and oxygen atoms in total. The lowest BCUT2D eigenvalue weighted by Gasteiger charge is -2.16. The molecule has 0 aliphatic carbocycles. The average Bonchev–Trinajstić information content (AvgIpc) is 3.21. The first kappa shape index (κ1) is 16.9. The molecule has 0 aliphatic heterocycles. The lowest BCUT2D eigenvalue weighted by Crippen LogP contribution is -2.22. The summed E-state index contributed by atoms with van der Waals surface area (Å²) in [4.78, 5) is 7.95. The molecule has 0 aliphatic rings. The number of nitrogens with one attached hydrogen (secondary N) is 1. The minimum Gasteiger partial charge on any atom is -0.462 e. The molecule has 0 saturated heterocycles. The van der Waals surface area contributed by atoms with Crippen LogP contribution in [0.15, 0.2) is 28.0 Å². The highest BCUT2D eigenvalue weighted by atomic mass is 32.1. The van der Waals surface area contributed by atoms with Crippen LogP contribution < -0.4 is 0 Å². The maximum absolute atomic E-state index is 5.51. The van der Waals surface area contributed by atoms with Gasteiger partial charge in [-0.1, -0.05) is 0 Å². The van der Waals surface area contributed by atoms with E-state index in [1.165, 1.54) is 10.4 Å². The normalized spacial score (nSPS) is 11.8. The van der Waals surface area contributed by atoms with Gasteiger partial charge in [0.25, 0.3) is 0 Å². The minimum atomic E-state index is 0.542. The third-order valence-electron chi connectivity index (χ3n) is 3.63. The smallest absolute Gasteiger partial charge is 0.217 e. The van der Waals surface area contributed by atoms with Crippen molar-refractivity contribution in [2.75, 3.05) is 7.05 Å². The first-order valence-corrected chi connectivity index (χ1v) is 8.93. The summed E-state index contributed by atoms with van der Waals surface area (Å²) in [5, 5.41) is 5.34. The van der Waals surface area contributed by atoms with Crippen LogP contribution in [-0.2, 0) is 13.2 Å². The summed E-state index contributed by atoms with van der Waals surface area (Å²) in [6.45, 7) is 5.61. The lowest BCUT2D eigenvalue weighted by molar-refractivity contribution is 0.246. The SMILES string of the molecule is Cc1ccc(/C=C/c2nc(=S)n(CN(C)Cc3sccc3C)[nH]2)o1. The van der Waals surface area contributed by atoms with Crippen molar-refractivity contribution < 1.29 is 4.42 Å². The monoisotopic (exact) mass is 360 g/mol. The molecule has 0 saturated carbocycles. The molecular formula is C17H20N4OS2. The molecule has 0 spiro atoms. The Kier molecular flexibility index (Phi) is 5.13. The zero-order chi connectivity index (χ0) is 17.1. The highest BCUT2D eigenvalue weighted by molar-refractivity contribution is 7.71. The third kappa shape index (κ3) is 4.11. The highest BCUT2D eigenvalue weighted by Gasteiger charge is 2.07. The Morgan fingerprint density at radius 3 is 2.83 bits per heavy atom. The number of aryl methyl sites for hydroxylation is 2. The van der Waals surface area contributed by atoms with Gasteiger partial charge in [-0.3, -0.25) is 10.00 Å². The molecule has 0 bridgehead atoms. The van der Waals surface area contributed by atoms with E-state index in [9.17, 15) is 0 Å². The van der Waals surface area contributed by atoms with E-state index >= 15 is 0 Å². The van der Waals surface area contributed by atoms with E-state index in [0.29, 0.717) is 11.4 Å². The van der Waals surface area contributed by atoms with Crippen LogP contribution >= 0.6 is 23.6 Å². The van der Waals surface area contributed by atoms with Crippen molar-refractivity contribution in [2.45, 2.75) is 27.1 Å². The molecular weight excluding hydrogens is 340 g/mol. The van der Waals surface area contributed by atoms with Crippen molar-refractivity contribution in [1.29, 1.82) is 0 Å². The van der Waals surface area contributed by atoms with Gasteiger partial charge >= 0.3 is 0 Å². The van der Waals surface area contributed by atoms with Crippen molar-refractivity contribution in [3.8, 4) is 0 Å². The molecule has 0 aromatic carbocycles. The van der Waals surface area contributed by atoms with Crippen LogP contribution in [0.5, 0.6) is 0 Å². The molecule has 0 radical (unpaired) electrons. The second kappa shape index (κ2) is 7.29. The molecule has 0 fully saturated rings. The Hall–Kier alpha value is -1.96. The maximum Gasteiger partial charge on any atom is 0.217 e. The van der Waals surface area contributed by atoms with Crippen LogP contribution in [-0.4, -0.2) is 26.7 Å². The van der Waals surface area contributed by atoms with Crippen LogP contribution in [0.4, 0.5) is 0 Å². The predicted molar refractivity (Wildman–Crippen MR) is 100 cm³/mol. The van der Waals surface area contributed by atoms with Crippen LogP contribution in [0.2, 0.25) is 0 Å². The first-order valence-electron chi connectivity index (χ1n) is 7.64. The van der Waals surface area contributed by atoms with Gasteiger partial charge in [0.05, 0.1) is 6.67 Å². The van der Waals surface area contributed by atoms with Crippen LogP contribution in [0.25, 0.3) is 12.2 Å². The Bertz CT molecular complexity index is 900. The van der Waals surface area contributed by atoms with Gasteiger partial charge in [-0.15, -0.1) is 11.3 Å². The van der Waals surface area contributed by atoms with Crippen LogP contribution in [0.3, 0.4) is 0 Å². The van der Waals surface area contributed by atoms with Crippen molar-refractivity contribution in [2.24, 2.45) is 0 Å². The molecule has 0 amide bonds. The van der Waals surface area contributed by atoms with Gasteiger partial charge in [-0.25, -0.2) is 4.68 Å². The van der Waals surface area contributed by atoms with Crippen LogP contribution in [0.1, 0.15) is 27.8 Å². The standard InChI is InChI=1S/C17H20N4OS2/c1-12-8-9-24-15(12)10-20(3)11-21-17(23)18-16(19-21)7-6-14-5-4-13(2)22-14/h4-9H,10-11H2,1-3H3,(H,18,19,23)/b7-6+. The summed E-state index contributed by atoms with van der Waals surface area (Å²) in [7, 11) is 2.07. The van der Waals surface area contributed by atoms with Gasteiger partial charge in [0.1, 0.15) is 17.3 Å². The van der Waals surface area contributed by atoms with E-state index in [1.807, 2.05) is 35.9 Å². The van der Waals surface area contributed by atoms with Gasteiger partial charge in [-0.05, 0) is 74.4 Å². The number of rotatable bonds is 6. The number of aromatic nitrogens is 3. The number of aromatic amines is 1. The average molecular weight is 361 g/mol. The summed E-state index contributed by atoms with van der Waals surface area (Å²) < 4.78 is 7.92. The Labute approximate surface area is 150 Å². The van der Waals surface area contributed by atoms with Gasteiger partial charge < -0.3 is 4.42 Å². The summed E-state index contributed by atoms with van der Waals surface area (Å²) >= 11 is 7.12. The lowest BCUT2D eigenvalue weighted by atomic mass is 10.3. The van der Waals surface area contributed by atoms with Crippen molar-refractivity contribution in [3.05, 3.63) is 56.1 Å². The predicted octanol–water partition coefficient (Wildman–Crippen LogP) is 4.47. The Morgan fingerprint density at radius 2 is 2.17 bits per heavy atom. The van der Waals surface area contributed by atoms with Crippen molar-refractivity contribution >= 4 is 35.7 Å². The fourth-order valence-electron chi connectivity index (χ4n) is 2.35. The molecule has 126 valence electrons. The van der Waals surface area contributed by atoms with E-state index in [1.54, 1.807) is 11.3 Å². The quantitative estimate of drug-likeness (QED) is 0.659. The second-order valence-corrected chi connectivity index (χ2v) is 7.15. The first-order chi connectivity index (χ1) is 11.5. The zero-order valence-corrected chi connectivity index (χ0v) is 15.6. The summed E-state index contributed by atoms with van der Waals surface area (Å²) in [5.41, 5.74) is 1.33. The van der Waals surface area contributed by atoms with Crippen molar-refractivity contribution in [3.63, 3.8) is 0 Å². The van der Waals surface area contributed by atoms with Gasteiger partial charge in [0, 0.05) is 11.4 Å². The summed E-state index contributed by atoms with van der Waals surface area (Å²) in [6.07, 6.45) is 3.75. The zero-order valence-electron chi connectivity index (χ0n) is 13.9. The van der Waals surface area contributed by atoms with Crippen molar-refractivity contribution in [1.82, 2.24) is 19.7 Å². The van der Waals surface area contributed by atoms with Crippen LogP contribution in [0, 0.1) is 18.6 Å². The fourth-order valence-corrected chi connectivity index (χ4v) is 3.54. The maximum atomic E-state index is 5.51. The summed E-state index contributed by atoms with van der Waals surface area (Å²) in [5.74, 6) is 2.40. The second-order valence-electron chi connectivity index (χ2n) is 5.78. The van der Waals surface area contributed by atoms with E-state index < -0.39 is 0 Å². The van der Waals surface area contributed by atoms with E-state index in [4.69, 9.17) is 16.6 Å². The topological polar surface area (TPSA) is 50.0 Å². The molecule has 0 atom stereocenters. The third-order valence-corrected chi connectivity index (χ3v) is 4.95. The largest absolute Gasteiger partial charge is 0.462 e. The number of H-pyrrole nitrogens is 1. The molecule has 3 rings (SSSR count). The molecule has 3 aromatic heterocycles. The van der Waals surface area contributed by atoms with E-state index in [0.717, 1.165) is 23.9 Å². The number of hydrogen-bond acceptors (Lipinski definition) is 5. The number of nitrogens with zero attached hydrogens (tertiary/aromatic N) is 3. The molecule has 3 aromatic rings. The fraction of sp³-hybridized carbons (Fsp3) is 0.294. The molecule has 7 heteroatoms. The minimum absolute atomic E-state index is 0.542. The Morgan fingerprint density at radius 1 is 1.33 bits per heavy atom. The molecule has 24 heavy (non-hydrogen) atoms. The molecule has 3 heterocycles. The molecule has 1 N–H and O–H groups in total. The number of furan rings is 1. The van der Waals surface area contributed by atoms with Gasteiger partial charge in [0.2, 0.25) is 4.77 Å². The summed E-state index contributed by atoms with van der Waals surface area (Å²) in [6, 6.07) is 6.01. The van der Waals surface area contributed by atoms with E-state index in [2.05, 4.69) is 40.4 Å². The van der Waals surface area contributed by atoms with Gasteiger partial charge in [0.15, 0.2) is 0 Å². The highest BCUT2D eigenvalue weighted by Crippen LogP contribution is 2.17. The number of hydrogen-bond donors (Lipinski definition) is 1. The Balaban J connectivity index is 1.66. The number of thiophene rings is 1. The van der Waals surface area contributed by atoms with Gasteiger partial charge in [-0.2, -0.15) is 4.98 Å². The van der Waals surface area contributed by atoms with E-state index in [-0.39, 0.29) is 0 Å². The molecule has 0 unspecified atom stereocenters.